The Balaban J connectivity index is 2.03. The first-order valence-corrected chi connectivity index (χ1v) is 8.61. The molecule has 0 radical (unpaired) electrons. The van der Waals surface area contributed by atoms with Gasteiger partial charge in [-0.3, -0.25) is 4.98 Å². The lowest BCUT2D eigenvalue weighted by atomic mass is 10.2. The highest BCUT2D eigenvalue weighted by molar-refractivity contribution is 7.84. The van der Waals surface area contributed by atoms with Crippen LogP contribution in [0.4, 0.5) is 0 Å². The monoisotopic (exact) mass is 362 g/mol. The summed E-state index contributed by atoms with van der Waals surface area (Å²) in [6.07, 6.45) is 1.52. The van der Waals surface area contributed by atoms with E-state index in [1.54, 1.807) is 12.1 Å². The second kappa shape index (κ2) is 6.17. The van der Waals surface area contributed by atoms with Crippen molar-refractivity contribution in [1.29, 1.82) is 0 Å². The van der Waals surface area contributed by atoms with Gasteiger partial charge in [0.15, 0.2) is 5.75 Å². The Morgan fingerprint density at radius 3 is 2.68 bits per heavy atom. The number of ether oxygens (including phenoxy) is 1. The van der Waals surface area contributed by atoms with E-state index < -0.39 is 10.3 Å². The van der Waals surface area contributed by atoms with Crippen LogP contribution in [0, 0.1) is 0 Å². The number of pyridine rings is 1. The van der Waals surface area contributed by atoms with Crippen molar-refractivity contribution in [2.45, 2.75) is 0 Å². The van der Waals surface area contributed by atoms with E-state index in [1.165, 1.54) is 16.6 Å². The van der Waals surface area contributed by atoms with Gasteiger partial charge in [0, 0.05) is 24.7 Å². The van der Waals surface area contributed by atoms with Crippen molar-refractivity contribution in [3.05, 3.63) is 34.4 Å². The Morgan fingerprint density at radius 1 is 1.23 bits per heavy atom. The lowest BCUT2D eigenvalue weighted by Crippen LogP contribution is -2.42. The minimum absolute atomic E-state index is 0.0202. The number of hydrogen-bond donors (Lipinski definition) is 0. The topological polar surface area (TPSA) is 68.7 Å². The van der Waals surface area contributed by atoms with Gasteiger partial charge in [-0.1, -0.05) is 23.2 Å². The second-order valence-electron chi connectivity index (χ2n) is 4.62. The van der Waals surface area contributed by atoms with Crippen LogP contribution in [0.2, 0.25) is 10.0 Å². The van der Waals surface area contributed by atoms with Crippen molar-refractivity contribution in [3.8, 4) is 5.75 Å². The van der Waals surface area contributed by atoms with Crippen LogP contribution in [0.25, 0.3) is 10.9 Å². The summed E-state index contributed by atoms with van der Waals surface area (Å²) in [7, 11) is -3.98. The van der Waals surface area contributed by atoms with Gasteiger partial charge < -0.3 is 8.92 Å². The van der Waals surface area contributed by atoms with Gasteiger partial charge in [0.05, 0.1) is 23.3 Å². The fraction of sp³-hybridized carbons (Fsp3) is 0.308. The average molecular weight is 363 g/mol. The number of morpholine rings is 1. The summed E-state index contributed by atoms with van der Waals surface area (Å²) in [5, 5.41) is 1.04. The molecule has 9 heteroatoms. The van der Waals surface area contributed by atoms with Gasteiger partial charge in [-0.05, 0) is 18.2 Å². The second-order valence-corrected chi connectivity index (χ2v) is 6.97. The third kappa shape index (κ3) is 3.00. The summed E-state index contributed by atoms with van der Waals surface area (Å²) in [5.41, 5.74) is 0.303. The molecule has 1 aliphatic rings. The zero-order chi connectivity index (χ0) is 15.7. The van der Waals surface area contributed by atoms with Crippen molar-refractivity contribution in [2.75, 3.05) is 26.3 Å². The summed E-state index contributed by atoms with van der Waals surface area (Å²) >= 11 is 12.2. The molecule has 0 spiro atoms. The molecule has 1 aromatic heterocycles. The van der Waals surface area contributed by atoms with Gasteiger partial charge in [-0.15, -0.1) is 0 Å². The van der Waals surface area contributed by atoms with E-state index in [-0.39, 0.29) is 23.9 Å². The van der Waals surface area contributed by atoms with Crippen LogP contribution < -0.4 is 4.18 Å². The molecule has 2 heterocycles. The summed E-state index contributed by atoms with van der Waals surface area (Å²) in [6, 6.07) is 4.86. The molecule has 0 N–H and O–H groups in total. The molecule has 0 bridgehead atoms. The molecule has 0 unspecified atom stereocenters. The highest BCUT2D eigenvalue weighted by Crippen LogP contribution is 2.37. The maximum Gasteiger partial charge on any atom is 0.385 e. The smallest absolute Gasteiger partial charge is 0.379 e. The standard InChI is InChI=1S/C13H12Cl2N2O4S/c14-10-8-11(15)13(12-9(10)2-1-3-16-12)21-22(18,19)17-4-6-20-7-5-17/h1-3,8H,4-7H2. The van der Waals surface area contributed by atoms with Crippen LogP contribution in [-0.2, 0) is 15.0 Å². The molecule has 1 aliphatic heterocycles. The number of rotatable bonds is 3. The molecule has 0 amide bonds. The van der Waals surface area contributed by atoms with Crippen molar-refractivity contribution in [3.63, 3.8) is 0 Å². The Labute approximate surface area is 137 Å². The normalized spacial score (nSPS) is 16.8. The fourth-order valence-electron chi connectivity index (χ4n) is 2.15. The van der Waals surface area contributed by atoms with Crippen LogP contribution >= 0.6 is 23.2 Å². The minimum atomic E-state index is -3.98. The van der Waals surface area contributed by atoms with E-state index in [9.17, 15) is 8.42 Å². The number of halogens is 2. The summed E-state index contributed by atoms with van der Waals surface area (Å²) in [6.45, 7) is 1.13. The maximum atomic E-state index is 12.4. The average Bonchev–Trinajstić information content (AvgIpc) is 2.52. The van der Waals surface area contributed by atoms with Crippen LogP contribution in [0.3, 0.4) is 0 Å². The molecule has 1 saturated heterocycles. The third-order valence-corrected chi connectivity index (χ3v) is 5.19. The van der Waals surface area contributed by atoms with Crippen LogP contribution in [-0.4, -0.2) is 44.0 Å². The lowest BCUT2D eigenvalue weighted by Gasteiger charge is -2.25. The quantitative estimate of drug-likeness (QED) is 0.838. The molecule has 22 heavy (non-hydrogen) atoms. The number of hydrogen-bond acceptors (Lipinski definition) is 5. The predicted octanol–water partition coefficient (Wildman–Crippen LogP) is 2.50. The van der Waals surface area contributed by atoms with Crippen molar-refractivity contribution in [2.24, 2.45) is 0 Å². The van der Waals surface area contributed by atoms with E-state index in [0.717, 1.165) is 0 Å². The number of fused-ring (bicyclic) bond motifs is 1. The predicted molar refractivity (Wildman–Crippen MR) is 83.7 cm³/mol. The zero-order valence-corrected chi connectivity index (χ0v) is 13.7. The summed E-state index contributed by atoms with van der Waals surface area (Å²) in [5.74, 6) is -0.0202. The highest BCUT2D eigenvalue weighted by Gasteiger charge is 2.28. The van der Waals surface area contributed by atoms with Crippen LogP contribution in [0.1, 0.15) is 0 Å². The van der Waals surface area contributed by atoms with Crippen LogP contribution in [0.15, 0.2) is 24.4 Å². The summed E-state index contributed by atoms with van der Waals surface area (Å²) < 4.78 is 36.3. The van der Waals surface area contributed by atoms with Gasteiger partial charge in [-0.2, -0.15) is 12.7 Å². The zero-order valence-electron chi connectivity index (χ0n) is 11.3. The molecule has 6 nitrogen and oxygen atoms in total. The largest absolute Gasteiger partial charge is 0.385 e. The molecular formula is C13H12Cl2N2O4S. The van der Waals surface area contributed by atoms with Gasteiger partial charge >= 0.3 is 10.3 Å². The Hall–Kier alpha value is -1.12. The summed E-state index contributed by atoms with van der Waals surface area (Å²) in [4.78, 5) is 4.13. The minimum Gasteiger partial charge on any atom is -0.379 e. The Kier molecular flexibility index (Phi) is 4.42. The van der Waals surface area contributed by atoms with Crippen molar-refractivity contribution >= 4 is 44.4 Å². The molecule has 0 saturated carbocycles. The first-order valence-electron chi connectivity index (χ1n) is 6.49. The maximum absolute atomic E-state index is 12.4. The first-order chi connectivity index (χ1) is 10.5. The Morgan fingerprint density at radius 2 is 1.95 bits per heavy atom. The van der Waals surface area contributed by atoms with Gasteiger partial charge in [0.2, 0.25) is 0 Å². The van der Waals surface area contributed by atoms with E-state index >= 15 is 0 Å². The first kappa shape index (κ1) is 15.8. The third-order valence-electron chi connectivity index (χ3n) is 3.23. The van der Waals surface area contributed by atoms with Gasteiger partial charge in [-0.25, -0.2) is 0 Å². The molecule has 1 fully saturated rings. The molecule has 118 valence electrons. The molecule has 3 rings (SSSR count). The van der Waals surface area contributed by atoms with Crippen molar-refractivity contribution in [1.82, 2.24) is 9.29 Å². The molecule has 0 atom stereocenters. The molecule has 1 aromatic carbocycles. The lowest BCUT2D eigenvalue weighted by molar-refractivity contribution is 0.0698. The molecule has 2 aromatic rings. The van der Waals surface area contributed by atoms with E-state index in [2.05, 4.69) is 4.98 Å². The molecular weight excluding hydrogens is 351 g/mol. The SMILES string of the molecule is O=S(=O)(Oc1c(Cl)cc(Cl)c2cccnc12)N1CCOCC1. The molecule has 0 aliphatic carbocycles. The van der Waals surface area contributed by atoms with Gasteiger partial charge in [0.25, 0.3) is 0 Å². The van der Waals surface area contributed by atoms with Crippen molar-refractivity contribution < 1.29 is 17.3 Å². The fourth-order valence-corrected chi connectivity index (χ4v) is 3.84. The van der Waals surface area contributed by atoms with Crippen LogP contribution in [0.5, 0.6) is 5.75 Å². The Bertz CT molecular complexity index is 807. The van der Waals surface area contributed by atoms with E-state index in [1.807, 2.05) is 0 Å². The number of aromatic nitrogens is 1. The number of benzene rings is 1. The van der Waals surface area contributed by atoms with Gasteiger partial charge in [0.1, 0.15) is 5.52 Å². The number of nitrogens with zero attached hydrogens (tertiary/aromatic N) is 2. The van der Waals surface area contributed by atoms with E-state index in [4.69, 9.17) is 32.1 Å². The van der Waals surface area contributed by atoms with E-state index in [0.29, 0.717) is 29.1 Å². The highest BCUT2D eigenvalue weighted by atomic mass is 35.5.